The molecule has 1 saturated carbocycles. The Bertz CT molecular complexity index is 988. The molecule has 0 unspecified atom stereocenters. The van der Waals surface area contributed by atoms with E-state index in [9.17, 15) is 9.59 Å². The van der Waals surface area contributed by atoms with E-state index < -0.39 is 6.10 Å². The molecular formula is C29H35NO4. The van der Waals surface area contributed by atoms with E-state index in [0.717, 1.165) is 31.4 Å². The van der Waals surface area contributed by atoms with E-state index in [0.29, 0.717) is 25.0 Å². The summed E-state index contributed by atoms with van der Waals surface area (Å²) in [6, 6.07) is 19.0. The molecule has 2 aromatic rings. The second-order valence-electron chi connectivity index (χ2n) is 9.57. The van der Waals surface area contributed by atoms with Crippen LogP contribution in [0.5, 0.6) is 0 Å². The summed E-state index contributed by atoms with van der Waals surface area (Å²) >= 11 is 0. The molecule has 0 bridgehead atoms. The summed E-state index contributed by atoms with van der Waals surface area (Å²) < 4.78 is 11.9. The molecule has 5 nitrogen and oxygen atoms in total. The second-order valence-corrected chi connectivity index (χ2v) is 9.57. The standard InChI is InChI=1S/C29H35NO4/c1-20-18-26-24(14-9-16-30-26)25(19-23(31)15-17-33-2)28(20)34-29(22-12-7-4-8-13-22)27(32)21-10-5-3-6-11-21/h3-8,10-13,20,24-25,28-29H,9,14-19H2,1-2H3/t20-,24-,25-,28+,29-/m0/s1. The van der Waals surface area contributed by atoms with Gasteiger partial charge in [-0.1, -0.05) is 67.6 Å². The quantitative estimate of drug-likeness (QED) is 0.438. The third kappa shape index (κ3) is 5.70. The fraction of sp³-hybridized carbons (Fsp3) is 0.483. The molecule has 5 atom stereocenters. The van der Waals surface area contributed by atoms with E-state index in [1.54, 1.807) is 7.11 Å². The zero-order chi connectivity index (χ0) is 23.9. The molecule has 1 aliphatic heterocycles. The number of fused-ring (bicyclic) bond motifs is 1. The van der Waals surface area contributed by atoms with Gasteiger partial charge in [-0.3, -0.25) is 14.6 Å². The Morgan fingerprint density at radius 2 is 1.76 bits per heavy atom. The number of ketones is 2. The summed E-state index contributed by atoms with van der Waals surface area (Å²) in [5.41, 5.74) is 2.71. The molecule has 2 aromatic carbocycles. The van der Waals surface area contributed by atoms with Crippen molar-refractivity contribution in [1.29, 1.82) is 0 Å². The average Bonchev–Trinajstić information content (AvgIpc) is 2.88. The smallest absolute Gasteiger partial charge is 0.196 e. The maximum Gasteiger partial charge on any atom is 0.196 e. The Hall–Kier alpha value is -2.63. The highest BCUT2D eigenvalue weighted by molar-refractivity contribution is 6.00. The first-order valence-electron chi connectivity index (χ1n) is 12.4. The summed E-state index contributed by atoms with van der Waals surface area (Å²) in [4.78, 5) is 31.3. The number of methoxy groups -OCH3 is 1. The minimum Gasteiger partial charge on any atom is -0.384 e. The summed E-state index contributed by atoms with van der Waals surface area (Å²) in [5, 5.41) is 0. The van der Waals surface area contributed by atoms with E-state index in [4.69, 9.17) is 14.5 Å². The van der Waals surface area contributed by atoms with Gasteiger partial charge in [-0.2, -0.15) is 0 Å². The minimum atomic E-state index is -0.713. The van der Waals surface area contributed by atoms with Crippen molar-refractivity contribution >= 4 is 17.3 Å². The lowest BCUT2D eigenvalue weighted by Gasteiger charge is -2.45. The van der Waals surface area contributed by atoms with Gasteiger partial charge in [0.1, 0.15) is 11.9 Å². The minimum absolute atomic E-state index is 0.0157. The molecule has 0 radical (unpaired) electrons. The lowest BCUT2D eigenvalue weighted by atomic mass is 9.66. The molecule has 0 saturated heterocycles. The summed E-state index contributed by atoms with van der Waals surface area (Å²) in [5.74, 6) is 0.562. The van der Waals surface area contributed by atoms with Gasteiger partial charge in [0.05, 0.1) is 12.7 Å². The SMILES string of the molecule is COCCC(=O)C[C@@H]1[C@H](O[C@H](C(=O)c2ccccc2)c2ccccc2)[C@@H](C)CC2=NCCC[C@H]21. The van der Waals surface area contributed by atoms with Crippen LogP contribution in [0.3, 0.4) is 0 Å². The predicted octanol–water partition coefficient (Wildman–Crippen LogP) is 5.50. The zero-order valence-corrected chi connectivity index (χ0v) is 20.2. The van der Waals surface area contributed by atoms with Crippen molar-refractivity contribution in [2.45, 2.75) is 51.2 Å². The first-order valence-corrected chi connectivity index (χ1v) is 12.4. The van der Waals surface area contributed by atoms with Crippen LogP contribution in [0.15, 0.2) is 65.7 Å². The molecule has 180 valence electrons. The number of aliphatic imine (C=N–C) groups is 1. The molecule has 0 aromatic heterocycles. The molecule has 1 aliphatic carbocycles. The molecule has 34 heavy (non-hydrogen) atoms. The van der Waals surface area contributed by atoms with Crippen LogP contribution in [0.4, 0.5) is 0 Å². The van der Waals surface area contributed by atoms with Crippen LogP contribution >= 0.6 is 0 Å². The topological polar surface area (TPSA) is 65.0 Å². The Morgan fingerprint density at radius 1 is 1.06 bits per heavy atom. The van der Waals surface area contributed by atoms with E-state index in [2.05, 4.69) is 6.92 Å². The molecular weight excluding hydrogens is 426 g/mol. The van der Waals surface area contributed by atoms with Crippen molar-refractivity contribution in [3.8, 4) is 0 Å². The first kappa shape index (κ1) is 24.5. The number of Topliss-reactive ketones (excluding diaryl/α,β-unsaturated/α-hetero) is 2. The number of hydrogen-bond donors (Lipinski definition) is 0. The summed E-state index contributed by atoms with van der Waals surface area (Å²) in [7, 11) is 1.62. The van der Waals surface area contributed by atoms with Gasteiger partial charge in [0, 0.05) is 49.6 Å². The number of carbonyl (C=O) groups is 2. The zero-order valence-electron chi connectivity index (χ0n) is 20.2. The van der Waals surface area contributed by atoms with Crippen LogP contribution in [0.25, 0.3) is 0 Å². The third-order valence-corrected chi connectivity index (χ3v) is 7.19. The first-order chi connectivity index (χ1) is 16.6. The number of carbonyl (C=O) groups excluding carboxylic acids is 2. The van der Waals surface area contributed by atoms with Gasteiger partial charge in [-0.05, 0) is 30.7 Å². The average molecular weight is 462 g/mol. The van der Waals surface area contributed by atoms with Gasteiger partial charge < -0.3 is 9.47 Å². The van der Waals surface area contributed by atoms with Crippen molar-refractivity contribution in [1.82, 2.24) is 0 Å². The second kappa shape index (κ2) is 11.7. The van der Waals surface area contributed by atoms with Gasteiger partial charge >= 0.3 is 0 Å². The van der Waals surface area contributed by atoms with Crippen molar-refractivity contribution in [2.24, 2.45) is 22.7 Å². The molecule has 5 heteroatoms. The normalized spacial score (nSPS) is 25.2. The molecule has 1 heterocycles. The van der Waals surface area contributed by atoms with Gasteiger partial charge in [0.15, 0.2) is 5.78 Å². The number of rotatable bonds is 10. The Balaban J connectivity index is 1.65. The molecule has 1 fully saturated rings. The number of hydrogen-bond acceptors (Lipinski definition) is 5. The maximum atomic E-state index is 13.6. The number of nitrogens with zero attached hydrogens (tertiary/aromatic N) is 1. The van der Waals surface area contributed by atoms with E-state index in [1.807, 2.05) is 60.7 Å². The van der Waals surface area contributed by atoms with E-state index >= 15 is 0 Å². The number of ether oxygens (including phenoxy) is 2. The summed E-state index contributed by atoms with van der Waals surface area (Å²) in [6.07, 6.45) is 2.83. The van der Waals surface area contributed by atoms with Gasteiger partial charge in [0.2, 0.25) is 0 Å². The van der Waals surface area contributed by atoms with Gasteiger partial charge in [0.25, 0.3) is 0 Å². The van der Waals surface area contributed by atoms with Crippen molar-refractivity contribution in [2.75, 3.05) is 20.3 Å². The maximum absolute atomic E-state index is 13.6. The van der Waals surface area contributed by atoms with Gasteiger partial charge in [-0.15, -0.1) is 0 Å². The van der Waals surface area contributed by atoms with Crippen molar-refractivity contribution in [3.05, 3.63) is 71.8 Å². The fourth-order valence-electron chi connectivity index (χ4n) is 5.50. The van der Waals surface area contributed by atoms with Crippen molar-refractivity contribution < 1.29 is 19.1 Å². The highest BCUT2D eigenvalue weighted by Gasteiger charge is 2.44. The van der Waals surface area contributed by atoms with Crippen LogP contribution in [0.1, 0.15) is 61.1 Å². The van der Waals surface area contributed by atoms with Gasteiger partial charge in [-0.25, -0.2) is 0 Å². The van der Waals surface area contributed by atoms with Crippen LogP contribution in [-0.2, 0) is 14.3 Å². The highest BCUT2D eigenvalue weighted by Crippen LogP contribution is 2.43. The largest absolute Gasteiger partial charge is 0.384 e. The summed E-state index contributed by atoms with van der Waals surface area (Å²) in [6.45, 7) is 3.46. The van der Waals surface area contributed by atoms with Crippen LogP contribution in [0, 0.1) is 17.8 Å². The molecule has 2 aliphatic rings. The Morgan fingerprint density at radius 3 is 2.47 bits per heavy atom. The van der Waals surface area contributed by atoms with Crippen LogP contribution in [0.2, 0.25) is 0 Å². The fourth-order valence-corrected chi connectivity index (χ4v) is 5.50. The predicted molar refractivity (Wildman–Crippen MR) is 133 cm³/mol. The molecule has 4 rings (SSSR count). The third-order valence-electron chi connectivity index (χ3n) is 7.19. The molecule has 0 spiro atoms. The Kier molecular flexibility index (Phi) is 8.41. The van der Waals surface area contributed by atoms with E-state index in [-0.39, 0.29) is 35.4 Å². The molecule has 0 amide bonds. The monoisotopic (exact) mass is 461 g/mol. The Labute approximate surface area is 202 Å². The van der Waals surface area contributed by atoms with E-state index in [1.165, 1.54) is 5.71 Å². The van der Waals surface area contributed by atoms with Crippen LogP contribution < -0.4 is 0 Å². The van der Waals surface area contributed by atoms with Crippen LogP contribution in [-0.4, -0.2) is 43.6 Å². The van der Waals surface area contributed by atoms with Crippen molar-refractivity contribution in [3.63, 3.8) is 0 Å². The molecule has 0 N–H and O–H groups in total. The lowest BCUT2D eigenvalue weighted by Crippen LogP contribution is -2.47. The number of benzene rings is 2. The lowest BCUT2D eigenvalue weighted by molar-refractivity contribution is -0.125. The highest BCUT2D eigenvalue weighted by atomic mass is 16.5.